The molecule has 0 aliphatic rings. The zero-order chi connectivity index (χ0) is 12.3. The fourth-order valence-corrected chi connectivity index (χ4v) is 1.67. The lowest BCUT2D eigenvalue weighted by molar-refractivity contribution is -0.0193. The van der Waals surface area contributed by atoms with Crippen LogP contribution in [0.2, 0.25) is 0 Å². The predicted octanol–water partition coefficient (Wildman–Crippen LogP) is 1.79. The molecule has 0 fully saturated rings. The van der Waals surface area contributed by atoms with Gasteiger partial charge in [-0.15, -0.1) is 0 Å². The quantitative estimate of drug-likeness (QED) is 0.816. The molecule has 1 aromatic rings. The minimum Gasteiger partial charge on any atom is -0.383 e. The summed E-state index contributed by atoms with van der Waals surface area (Å²) in [5.74, 6) is 0.481. The van der Waals surface area contributed by atoms with E-state index in [-0.39, 0.29) is 6.04 Å². The Morgan fingerprint density at radius 3 is 2.69 bits per heavy atom. The van der Waals surface area contributed by atoms with Crippen molar-refractivity contribution in [1.29, 1.82) is 0 Å². The molecule has 0 radical (unpaired) electrons. The highest BCUT2D eigenvalue weighted by molar-refractivity contribution is 5.44. The van der Waals surface area contributed by atoms with Crippen molar-refractivity contribution >= 4 is 5.82 Å². The summed E-state index contributed by atoms with van der Waals surface area (Å²) >= 11 is 0. The Bertz CT molecular complexity index is 361. The fraction of sp³-hybridized carbons (Fsp3) is 0.583. The second kappa shape index (κ2) is 4.80. The monoisotopic (exact) mass is 223 g/mol. The molecule has 2 unspecified atom stereocenters. The molecule has 4 nitrogen and oxygen atoms in total. The Hall–Kier alpha value is -1.13. The Kier molecular flexibility index (Phi) is 3.88. The average molecular weight is 223 g/mol. The van der Waals surface area contributed by atoms with Crippen molar-refractivity contribution in [1.82, 2.24) is 4.98 Å². The molecule has 0 aliphatic heterocycles. The maximum atomic E-state index is 6.22. The molecule has 0 bridgehead atoms. The van der Waals surface area contributed by atoms with Crippen LogP contribution in [0.1, 0.15) is 37.4 Å². The number of hydrogen-bond donors (Lipinski definition) is 2. The molecule has 0 amide bonds. The van der Waals surface area contributed by atoms with Gasteiger partial charge in [-0.1, -0.05) is 6.92 Å². The summed E-state index contributed by atoms with van der Waals surface area (Å²) in [6.45, 7) is 6.00. The van der Waals surface area contributed by atoms with Crippen molar-refractivity contribution in [3.8, 4) is 0 Å². The van der Waals surface area contributed by atoms with Crippen molar-refractivity contribution in [2.45, 2.75) is 38.8 Å². The summed E-state index contributed by atoms with van der Waals surface area (Å²) in [5.41, 5.74) is 13.6. The molecule has 1 heterocycles. The van der Waals surface area contributed by atoms with E-state index in [9.17, 15) is 0 Å². The summed E-state index contributed by atoms with van der Waals surface area (Å²) in [5, 5.41) is 0. The molecule has 0 spiro atoms. The molecular formula is C12H21N3O. The van der Waals surface area contributed by atoms with Gasteiger partial charge in [0.15, 0.2) is 0 Å². The summed E-state index contributed by atoms with van der Waals surface area (Å²) < 4.78 is 5.49. The van der Waals surface area contributed by atoms with E-state index in [4.69, 9.17) is 16.2 Å². The van der Waals surface area contributed by atoms with E-state index in [0.29, 0.717) is 5.82 Å². The van der Waals surface area contributed by atoms with Crippen molar-refractivity contribution in [3.63, 3.8) is 0 Å². The van der Waals surface area contributed by atoms with Crippen LogP contribution in [0.25, 0.3) is 0 Å². The fourth-order valence-electron chi connectivity index (χ4n) is 1.67. The minimum atomic E-state index is -0.413. The van der Waals surface area contributed by atoms with Crippen molar-refractivity contribution in [2.75, 3.05) is 12.8 Å². The first-order valence-corrected chi connectivity index (χ1v) is 5.47. The van der Waals surface area contributed by atoms with Gasteiger partial charge in [-0.25, -0.2) is 4.98 Å². The van der Waals surface area contributed by atoms with Gasteiger partial charge in [0.25, 0.3) is 0 Å². The van der Waals surface area contributed by atoms with Gasteiger partial charge in [0, 0.05) is 18.9 Å². The van der Waals surface area contributed by atoms with Crippen molar-refractivity contribution < 1.29 is 4.74 Å². The standard InChI is InChI=1S/C12H21N3O/c1-5-12(3,16-4)10(13)9-6-8(2)7-15-11(9)14/h6-7,10H,5,13H2,1-4H3,(H2,14,15). The molecule has 0 aromatic carbocycles. The first kappa shape index (κ1) is 12.9. The lowest BCUT2D eigenvalue weighted by Gasteiger charge is -2.33. The number of rotatable bonds is 4. The Morgan fingerprint density at radius 2 is 2.19 bits per heavy atom. The van der Waals surface area contributed by atoms with E-state index in [1.54, 1.807) is 13.3 Å². The third kappa shape index (κ3) is 2.33. The molecular weight excluding hydrogens is 202 g/mol. The molecule has 2 atom stereocenters. The topological polar surface area (TPSA) is 74.2 Å². The van der Waals surface area contributed by atoms with E-state index >= 15 is 0 Å². The highest BCUT2D eigenvalue weighted by atomic mass is 16.5. The maximum absolute atomic E-state index is 6.22. The SMILES string of the molecule is CCC(C)(OC)C(N)c1cc(C)cnc1N. The van der Waals surface area contributed by atoms with Gasteiger partial charge in [-0.2, -0.15) is 0 Å². The Morgan fingerprint density at radius 1 is 1.56 bits per heavy atom. The number of pyridine rings is 1. The lowest BCUT2D eigenvalue weighted by Crippen LogP contribution is -2.40. The molecule has 0 saturated heterocycles. The van der Waals surface area contributed by atoms with Crippen LogP contribution in [0.4, 0.5) is 5.82 Å². The molecule has 0 aliphatic carbocycles. The zero-order valence-electron chi connectivity index (χ0n) is 10.4. The number of aryl methyl sites for hydroxylation is 1. The van der Waals surface area contributed by atoms with Crippen LogP contribution in [0.3, 0.4) is 0 Å². The third-order valence-corrected chi connectivity index (χ3v) is 3.25. The molecule has 1 aromatic heterocycles. The van der Waals surface area contributed by atoms with Crippen LogP contribution in [0.15, 0.2) is 12.3 Å². The van der Waals surface area contributed by atoms with Crippen LogP contribution in [0.5, 0.6) is 0 Å². The van der Waals surface area contributed by atoms with E-state index in [1.807, 2.05) is 26.8 Å². The van der Waals surface area contributed by atoms with E-state index in [0.717, 1.165) is 17.5 Å². The number of aromatic nitrogens is 1. The van der Waals surface area contributed by atoms with Crippen LogP contribution in [0, 0.1) is 6.92 Å². The summed E-state index contributed by atoms with van der Waals surface area (Å²) in [7, 11) is 1.67. The maximum Gasteiger partial charge on any atom is 0.128 e. The van der Waals surface area contributed by atoms with Gasteiger partial charge in [-0.05, 0) is 31.9 Å². The summed E-state index contributed by atoms with van der Waals surface area (Å²) in [6.07, 6.45) is 2.56. The van der Waals surface area contributed by atoms with Gasteiger partial charge < -0.3 is 16.2 Å². The van der Waals surface area contributed by atoms with Gasteiger partial charge in [-0.3, -0.25) is 0 Å². The van der Waals surface area contributed by atoms with E-state index in [2.05, 4.69) is 4.98 Å². The smallest absolute Gasteiger partial charge is 0.128 e. The van der Waals surface area contributed by atoms with Crippen LogP contribution in [-0.4, -0.2) is 17.7 Å². The van der Waals surface area contributed by atoms with Crippen LogP contribution in [-0.2, 0) is 4.74 Å². The highest BCUT2D eigenvalue weighted by Gasteiger charge is 2.32. The second-order valence-electron chi connectivity index (χ2n) is 4.34. The molecule has 16 heavy (non-hydrogen) atoms. The number of nitrogens with zero attached hydrogens (tertiary/aromatic N) is 1. The number of ether oxygens (including phenoxy) is 1. The summed E-state index contributed by atoms with van der Waals surface area (Å²) in [4.78, 5) is 4.12. The zero-order valence-corrected chi connectivity index (χ0v) is 10.4. The van der Waals surface area contributed by atoms with Crippen LogP contribution >= 0.6 is 0 Å². The third-order valence-electron chi connectivity index (χ3n) is 3.25. The van der Waals surface area contributed by atoms with Gasteiger partial charge in [0.1, 0.15) is 5.82 Å². The van der Waals surface area contributed by atoms with E-state index < -0.39 is 5.60 Å². The Labute approximate surface area is 97.0 Å². The number of hydrogen-bond acceptors (Lipinski definition) is 4. The number of anilines is 1. The van der Waals surface area contributed by atoms with Gasteiger partial charge in [0.2, 0.25) is 0 Å². The average Bonchev–Trinajstić information content (AvgIpc) is 2.30. The lowest BCUT2D eigenvalue weighted by atomic mass is 9.88. The van der Waals surface area contributed by atoms with Crippen molar-refractivity contribution in [2.24, 2.45) is 5.73 Å². The highest BCUT2D eigenvalue weighted by Crippen LogP contribution is 2.31. The molecule has 0 saturated carbocycles. The first-order valence-electron chi connectivity index (χ1n) is 5.47. The largest absolute Gasteiger partial charge is 0.383 e. The Balaban J connectivity index is 3.12. The molecule has 90 valence electrons. The molecule has 1 rings (SSSR count). The summed E-state index contributed by atoms with van der Waals surface area (Å²) in [6, 6.07) is 1.70. The minimum absolute atomic E-state index is 0.269. The number of methoxy groups -OCH3 is 1. The van der Waals surface area contributed by atoms with Crippen LogP contribution < -0.4 is 11.5 Å². The first-order chi connectivity index (χ1) is 7.44. The van der Waals surface area contributed by atoms with E-state index in [1.165, 1.54) is 0 Å². The normalized spacial score (nSPS) is 16.8. The van der Waals surface area contributed by atoms with Gasteiger partial charge in [0.05, 0.1) is 11.6 Å². The molecule has 4 heteroatoms. The number of nitrogen functional groups attached to an aromatic ring is 1. The molecule has 4 N–H and O–H groups in total. The van der Waals surface area contributed by atoms with Crippen molar-refractivity contribution in [3.05, 3.63) is 23.4 Å². The van der Waals surface area contributed by atoms with Gasteiger partial charge >= 0.3 is 0 Å². The second-order valence-corrected chi connectivity index (χ2v) is 4.34. The number of nitrogens with two attached hydrogens (primary N) is 2. The predicted molar refractivity (Wildman–Crippen MR) is 66.0 cm³/mol.